The first-order valence-corrected chi connectivity index (χ1v) is 12.6. The second-order valence-corrected chi connectivity index (χ2v) is 9.84. The molecule has 0 saturated carbocycles. The van der Waals surface area contributed by atoms with Gasteiger partial charge in [0.1, 0.15) is 0 Å². The van der Waals surface area contributed by atoms with Crippen LogP contribution in [0.15, 0.2) is 66.0 Å². The van der Waals surface area contributed by atoms with Crippen LogP contribution in [-0.4, -0.2) is 48.0 Å². The minimum atomic E-state index is -0.237. The normalized spacial score (nSPS) is 13.6. The lowest BCUT2D eigenvalue weighted by molar-refractivity contribution is 0.0751. The van der Waals surface area contributed by atoms with Gasteiger partial charge in [-0.25, -0.2) is 0 Å². The SMILES string of the molecule is CC(C)c1ccc(C(=O)NC(=S)Nc2ccc(N3CCN(C(=O)c4cccs4)CC3)cc2)cc1. The van der Waals surface area contributed by atoms with Crippen LogP contribution in [0.1, 0.15) is 45.4 Å². The smallest absolute Gasteiger partial charge is 0.264 e. The second-order valence-electron chi connectivity index (χ2n) is 8.49. The molecular formula is C26H28N4O2S2. The number of rotatable bonds is 5. The zero-order valence-electron chi connectivity index (χ0n) is 19.3. The topological polar surface area (TPSA) is 64.7 Å². The maximum absolute atomic E-state index is 12.5. The van der Waals surface area contributed by atoms with Gasteiger partial charge >= 0.3 is 0 Å². The van der Waals surface area contributed by atoms with Crippen LogP contribution in [0.25, 0.3) is 0 Å². The van der Waals surface area contributed by atoms with E-state index < -0.39 is 0 Å². The minimum Gasteiger partial charge on any atom is -0.368 e. The molecule has 2 N–H and O–H groups in total. The van der Waals surface area contributed by atoms with Crippen LogP contribution in [0.3, 0.4) is 0 Å². The van der Waals surface area contributed by atoms with Gasteiger partial charge in [-0.15, -0.1) is 11.3 Å². The standard InChI is InChI=1S/C26H28N4O2S2/c1-18(2)19-5-7-20(8-6-19)24(31)28-26(33)27-21-9-11-22(12-10-21)29-13-15-30(16-14-29)25(32)23-4-3-17-34-23/h3-12,17-18H,13-16H2,1-2H3,(H2,27,28,31,33). The molecule has 1 aliphatic rings. The first-order chi connectivity index (χ1) is 16.4. The number of carbonyl (C=O) groups is 2. The number of hydrogen-bond acceptors (Lipinski definition) is 5. The number of nitrogens with zero attached hydrogens (tertiary/aromatic N) is 2. The van der Waals surface area contributed by atoms with Crippen molar-refractivity contribution in [2.75, 3.05) is 36.4 Å². The number of thiophene rings is 1. The van der Waals surface area contributed by atoms with Crippen LogP contribution >= 0.6 is 23.6 Å². The highest BCUT2D eigenvalue weighted by atomic mass is 32.1. The van der Waals surface area contributed by atoms with Gasteiger partial charge in [-0.1, -0.05) is 32.0 Å². The fourth-order valence-electron chi connectivity index (χ4n) is 3.84. The Kier molecular flexibility index (Phi) is 7.59. The molecule has 0 spiro atoms. The first-order valence-electron chi connectivity index (χ1n) is 11.3. The number of nitrogens with one attached hydrogen (secondary N) is 2. The monoisotopic (exact) mass is 492 g/mol. The number of benzene rings is 2. The van der Waals surface area contributed by atoms with E-state index in [0.717, 1.165) is 29.3 Å². The van der Waals surface area contributed by atoms with Crippen LogP contribution in [0.5, 0.6) is 0 Å². The highest BCUT2D eigenvalue weighted by Gasteiger charge is 2.22. The van der Waals surface area contributed by atoms with Gasteiger partial charge in [-0.2, -0.15) is 0 Å². The molecule has 34 heavy (non-hydrogen) atoms. The van der Waals surface area contributed by atoms with Crippen molar-refractivity contribution in [3.05, 3.63) is 82.0 Å². The maximum atomic E-state index is 12.5. The summed E-state index contributed by atoms with van der Waals surface area (Å²) in [6.07, 6.45) is 0. The molecule has 1 aromatic heterocycles. The summed E-state index contributed by atoms with van der Waals surface area (Å²) in [6, 6.07) is 19.3. The summed E-state index contributed by atoms with van der Waals surface area (Å²) < 4.78 is 0. The first kappa shape index (κ1) is 23.9. The quantitative estimate of drug-likeness (QED) is 0.493. The molecule has 0 atom stereocenters. The lowest BCUT2D eigenvalue weighted by atomic mass is 10.0. The average molecular weight is 493 g/mol. The zero-order chi connectivity index (χ0) is 24.1. The average Bonchev–Trinajstić information content (AvgIpc) is 3.39. The third-order valence-electron chi connectivity index (χ3n) is 5.86. The van der Waals surface area contributed by atoms with Crippen molar-refractivity contribution in [3.63, 3.8) is 0 Å². The molecule has 3 aromatic rings. The van der Waals surface area contributed by atoms with Gasteiger partial charge in [-0.3, -0.25) is 14.9 Å². The summed E-state index contributed by atoms with van der Waals surface area (Å²) in [6.45, 7) is 7.21. The molecule has 6 nitrogen and oxygen atoms in total. The van der Waals surface area contributed by atoms with E-state index >= 15 is 0 Å². The van der Waals surface area contributed by atoms with E-state index in [-0.39, 0.29) is 16.9 Å². The van der Waals surface area contributed by atoms with Crippen LogP contribution < -0.4 is 15.5 Å². The fraction of sp³-hybridized carbons (Fsp3) is 0.269. The van der Waals surface area contributed by atoms with Gasteiger partial charge in [-0.05, 0) is 71.5 Å². The van der Waals surface area contributed by atoms with Crippen LogP contribution in [0.2, 0.25) is 0 Å². The molecule has 1 fully saturated rings. The van der Waals surface area contributed by atoms with E-state index in [2.05, 4.69) is 29.4 Å². The van der Waals surface area contributed by atoms with Crippen molar-refractivity contribution in [1.82, 2.24) is 10.2 Å². The Morgan fingerprint density at radius 2 is 1.62 bits per heavy atom. The summed E-state index contributed by atoms with van der Waals surface area (Å²) in [5.41, 5.74) is 3.65. The number of carbonyl (C=O) groups excluding carboxylic acids is 2. The Balaban J connectivity index is 1.27. The van der Waals surface area contributed by atoms with E-state index in [0.29, 0.717) is 24.6 Å². The Hall–Kier alpha value is -3.23. The third-order valence-corrected chi connectivity index (χ3v) is 6.92. The van der Waals surface area contributed by atoms with Crippen molar-refractivity contribution < 1.29 is 9.59 Å². The Labute approximate surface area is 209 Å². The number of piperazine rings is 1. The van der Waals surface area contributed by atoms with Crippen molar-refractivity contribution in [3.8, 4) is 0 Å². The fourth-order valence-corrected chi connectivity index (χ4v) is 4.74. The van der Waals surface area contributed by atoms with E-state index in [1.54, 1.807) is 0 Å². The van der Waals surface area contributed by atoms with Gasteiger partial charge < -0.3 is 15.1 Å². The highest BCUT2D eigenvalue weighted by Crippen LogP contribution is 2.21. The van der Waals surface area contributed by atoms with Gasteiger partial charge in [0, 0.05) is 43.1 Å². The Morgan fingerprint density at radius 3 is 2.21 bits per heavy atom. The maximum Gasteiger partial charge on any atom is 0.264 e. The summed E-state index contributed by atoms with van der Waals surface area (Å²) in [5, 5.41) is 7.99. The lowest BCUT2D eigenvalue weighted by Gasteiger charge is -2.36. The lowest BCUT2D eigenvalue weighted by Crippen LogP contribution is -2.48. The van der Waals surface area contributed by atoms with Gasteiger partial charge in [0.2, 0.25) is 0 Å². The Bertz CT molecular complexity index is 1130. The van der Waals surface area contributed by atoms with Crippen LogP contribution in [0.4, 0.5) is 11.4 Å². The number of thiocarbonyl (C=S) groups is 1. The van der Waals surface area contributed by atoms with E-state index in [1.165, 1.54) is 16.9 Å². The highest BCUT2D eigenvalue weighted by molar-refractivity contribution is 7.80. The Morgan fingerprint density at radius 1 is 0.941 bits per heavy atom. The largest absolute Gasteiger partial charge is 0.368 e. The summed E-state index contributed by atoms with van der Waals surface area (Å²) in [4.78, 5) is 30.0. The van der Waals surface area contributed by atoms with Gasteiger partial charge in [0.15, 0.2) is 5.11 Å². The van der Waals surface area contributed by atoms with Crippen LogP contribution in [0, 0.1) is 0 Å². The molecule has 1 saturated heterocycles. The molecule has 8 heteroatoms. The number of anilines is 2. The van der Waals surface area contributed by atoms with Crippen molar-refractivity contribution in [2.45, 2.75) is 19.8 Å². The molecule has 0 radical (unpaired) electrons. The predicted octanol–water partition coefficient (Wildman–Crippen LogP) is 4.96. The molecule has 0 unspecified atom stereocenters. The second kappa shape index (κ2) is 10.8. The molecule has 4 rings (SSSR count). The molecule has 0 aliphatic carbocycles. The summed E-state index contributed by atoms with van der Waals surface area (Å²) >= 11 is 6.80. The van der Waals surface area contributed by atoms with Crippen molar-refractivity contribution in [2.24, 2.45) is 0 Å². The molecule has 1 aliphatic heterocycles. The van der Waals surface area contributed by atoms with Gasteiger partial charge in [0.05, 0.1) is 4.88 Å². The number of amides is 2. The van der Waals surface area contributed by atoms with Crippen molar-refractivity contribution in [1.29, 1.82) is 0 Å². The van der Waals surface area contributed by atoms with Gasteiger partial charge in [0.25, 0.3) is 11.8 Å². The van der Waals surface area contributed by atoms with E-state index in [9.17, 15) is 9.59 Å². The van der Waals surface area contributed by atoms with Crippen LogP contribution in [-0.2, 0) is 0 Å². The zero-order valence-corrected chi connectivity index (χ0v) is 20.9. The molecule has 2 heterocycles. The predicted molar refractivity (Wildman–Crippen MR) is 143 cm³/mol. The molecule has 2 aromatic carbocycles. The van der Waals surface area contributed by atoms with E-state index in [4.69, 9.17) is 12.2 Å². The molecular weight excluding hydrogens is 464 g/mol. The van der Waals surface area contributed by atoms with E-state index in [1.807, 2.05) is 70.9 Å². The molecule has 0 bridgehead atoms. The minimum absolute atomic E-state index is 0.112. The third kappa shape index (κ3) is 5.81. The molecule has 176 valence electrons. The summed E-state index contributed by atoms with van der Waals surface area (Å²) in [7, 11) is 0. The summed E-state index contributed by atoms with van der Waals surface area (Å²) in [5.74, 6) is 0.292. The molecule has 2 amide bonds. The van der Waals surface area contributed by atoms with Crippen molar-refractivity contribution >= 4 is 51.9 Å². The number of hydrogen-bond donors (Lipinski definition) is 2.